The molecule has 0 heterocycles. The molecule has 1 fully saturated rings. The van der Waals surface area contributed by atoms with Gasteiger partial charge in [0.1, 0.15) is 4.07 Å². The molecule has 0 bridgehead atoms. The highest BCUT2D eigenvalue weighted by Gasteiger charge is 2.67. The Morgan fingerprint density at radius 3 is 2.33 bits per heavy atom. The molecule has 5 heteroatoms. The molecule has 2 atom stereocenters. The van der Waals surface area contributed by atoms with Crippen LogP contribution in [0.25, 0.3) is 0 Å². The number of rotatable bonds is 6. The Hall–Kier alpha value is -0.150. The molecule has 0 N–H and O–H groups in total. The second-order valence-electron chi connectivity index (χ2n) is 4.32. The average molecular weight is 333 g/mol. The van der Waals surface area contributed by atoms with E-state index in [1.165, 1.54) is 5.56 Å². The van der Waals surface area contributed by atoms with Crippen molar-refractivity contribution in [2.45, 2.75) is 30.3 Å². The van der Waals surface area contributed by atoms with Crippen LogP contribution in [0.5, 0.6) is 0 Å². The number of hydrogen-bond donors (Lipinski definition) is 0. The molecular formula is C13H18BrO3P. The van der Waals surface area contributed by atoms with Crippen molar-refractivity contribution in [3.63, 3.8) is 0 Å². The fourth-order valence-electron chi connectivity index (χ4n) is 2.18. The van der Waals surface area contributed by atoms with E-state index in [0.717, 1.165) is 6.42 Å². The Morgan fingerprint density at radius 2 is 1.83 bits per heavy atom. The van der Waals surface area contributed by atoms with Gasteiger partial charge in [-0.1, -0.05) is 46.3 Å². The fourth-order valence-corrected chi connectivity index (χ4v) is 5.50. The monoisotopic (exact) mass is 332 g/mol. The lowest BCUT2D eigenvalue weighted by molar-refractivity contribution is 0.217. The molecule has 100 valence electrons. The van der Waals surface area contributed by atoms with Crippen LogP contribution in [0.15, 0.2) is 30.3 Å². The summed E-state index contributed by atoms with van der Waals surface area (Å²) in [5, 5.41) is 0. The molecule has 1 saturated carbocycles. The first kappa shape index (κ1) is 14.3. The van der Waals surface area contributed by atoms with Gasteiger partial charge in [-0.15, -0.1) is 0 Å². The van der Waals surface area contributed by atoms with Gasteiger partial charge in [0.15, 0.2) is 0 Å². The normalized spacial score (nSPS) is 27.2. The van der Waals surface area contributed by atoms with Gasteiger partial charge >= 0.3 is 7.60 Å². The third-order valence-electron chi connectivity index (χ3n) is 3.12. The van der Waals surface area contributed by atoms with Crippen LogP contribution in [0.1, 0.15) is 31.7 Å². The summed E-state index contributed by atoms with van der Waals surface area (Å²) in [7, 11) is -3.10. The molecule has 1 aliphatic rings. The molecule has 0 saturated heterocycles. The largest absolute Gasteiger partial charge is 0.347 e. The average Bonchev–Trinajstić information content (AvgIpc) is 3.05. The van der Waals surface area contributed by atoms with E-state index in [9.17, 15) is 4.57 Å². The minimum atomic E-state index is -3.10. The van der Waals surface area contributed by atoms with Crippen molar-refractivity contribution >= 4 is 23.5 Å². The van der Waals surface area contributed by atoms with Gasteiger partial charge in [-0.2, -0.15) is 0 Å². The Kier molecular flexibility index (Phi) is 4.32. The van der Waals surface area contributed by atoms with Crippen molar-refractivity contribution in [3.05, 3.63) is 35.9 Å². The maximum atomic E-state index is 12.8. The quantitative estimate of drug-likeness (QED) is 0.567. The van der Waals surface area contributed by atoms with Crippen LogP contribution in [-0.4, -0.2) is 17.3 Å². The Bertz CT molecular complexity index is 441. The molecule has 0 spiro atoms. The van der Waals surface area contributed by atoms with Crippen molar-refractivity contribution in [1.29, 1.82) is 0 Å². The lowest BCUT2D eigenvalue weighted by Gasteiger charge is -2.22. The van der Waals surface area contributed by atoms with Crippen molar-refractivity contribution in [2.24, 2.45) is 0 Å². The summed E-state index contributed by atoms with van der Waals surface area (Å²) < 4.78 is 23.1. The zero-order valence-electron chi connectivity index (χ0n) is 10.6. The van der Waals surface area contributed by atoms with Crippen molar-refractivity contribution in [3.8, 4) is 0 Å². The highest BCUT2D eigenvalue weighted by molar-refractivity contribution is 9.11. The molecule has 0 radical (unpaired) electrons. The molecular weight excluding hydrogens is 315 g/mol. The lowest BCUT2D eigenvalue weighted by atomic mass is 10.1. The Balaban J connectivity index is 2.21. The predicted octanol–water partition coefficient (Wildman–Crippen LogP) is 4.53. The van der Waals surface area contributed by atoms with E-state index in [0.29, 0.717) is 13.2 Å². The first-order valence-corrected chi connectivity index (χ1v) is 8.54. The van der Waals surface area contributed by atoms with Gasteiger partial charge in [-0.3, -0.25) is 4.57 Å². The Morgan fingerprint density at radius 1 is 1.28 bits per heavy atom. The summed E-state index contributed by atoms with van der Waals surface area (Å²) in [6.45, 7) is 4.46. The summed E-state index contributed by atoms with van der Waals surface area (Å²) in [6, 6.07) is 10.1. The molecule has 1 aromatic rings. The van der Waals surface area contributed by atoms with Crippen LogP contribution in [0.3, 0.4) is 0 Å². The van der Waals surface area contributed by atoms with Gasteiger partial charge in [0, 0.05) is 5.92 Å². The summed E-state index contributed by atoms with van der Waals surface area (Å²) in [6.07, 6.45) is 0.786. The molecule has 3 nitrogen and oxygen atoms in total. The summed E-state index contributed by atoms with van der Waals surface area (Å²) in [5.41, 5.74) is 1.18. The zero-order valence-corrected chi connectivity index (χ0v) is 13.1. The molecule has 0 aliphatic heterocycles. The van der Waals surface area contributed by atoms with Crippen LogP contribution in [0, 0.1) is 0 Å². The number of benzene rings is 1. The van der Waals surface area contributed by atoms with Gasteiger partial charge < -0.3 is 9.05 Å². The number of hydrogen-bond acceptors (Lipinski definition) is 3. The maximum absolute atomic E-state index is 12.8. The van der Waals surface area contributed by atoms with Crippen LogP contribution < -0.4 is 0 Å². The minimum Gasteiger partial charge on any atom is -0.308 e. The van der Waals surface area contributed by atoms with E-state index < -0.39 is 11.7 Å². The van der Waals surface area contributed by atoms with Crippen LogP contribution in [0.4, 0.5) is 0 Å². The second-order valence-corrected chi connectivity index (χ2v) is 8.66. The van der Waals surface area contributed by atoms with Crippen LogP contribution in [0.2, 0.25) is 0 Å². The molecule has 1 aliphatic carbocycles. The van der Waals surface area contributed by atoms with E-state index in [2.05, 4.69) is 28.1 Å². The van der Waals surface area contributed by atoms with E-state index in [4.69, 9.17) is 9.05 Å². The highest BCUT2D eigenvalue weighted by atomic mass is 79.9. The van der Waals surface area contributed by atoms with Crippen molar-refractivity contribution in [2.75, 3.05) is 13.2 Å². The smallest absolute Gasteiger partial charge is 0.308 e. The van der Waals surface area contributed by atoms with E-state index in [-0.39, 0.29) is 5.92 Å². The second kappa shape index (κ2) is 5.46. The van der Waals surface area contributed by atoms with Gasteiger partial charge in [-0.05, 0) is 25.8 Å². The van der Waals surface area contributed by atoms with Gasteiger partial charge in [-0.25, -0.2) is 0 Å². The molecule has 18 heavy (non-hydrogen) atoms. The standard InChI is InChI=1S/C13H18BrO3P/c1-3-16-18(15,17-4-2)13(14)10-12(13)11-8-6-5-7-9-11/h5-9,12H,3-4,10H2,1-2H3. The lowest BCUT2D eigenvalue weighted by Crippen LogP contribution is -2.09. The topological polar surface area (TPSA) is 35.5 Å². The predicted molar refractivity (Wildman–Crippen MR) is 76.3 cm³/mol. The third kappa shape index (κ3) is 2.44. The van der Waals surface area contributed by atoms with Gasteiger partial charge in [0.05, 0.1) is 13.2 Å². The SMILES string of the molecule is CCOP(=O)(OCC)C1(Br)CC1c1ccccc1. The van der Waals surface area contributed by atoms with E-state index in [1.807, 2.05) is 32.0 Å². The molecule has 2 unspecified atom stereocenters. The summed E-state index contributed by atoms with van der Waals surface area (Å²) >= 11 is 3.60. The van der Waals surface area contributed by atoms with Crippen molar-refractivity contribution in [1.82, 2.24) is 0 Å². The van der Waals surface area contributed by atoms with E-state index in [1.54, 1.807) is 0 Å². The number of alkyl halides is 1. The highest BCUT2D eigenvalue weighted by Crippen LogP contribution is 2.80. The zero-order chi connectivity index (χ0) is 13.2. The van der Waals surface area contributed by atoms with E-state index >= 15 is 0 Å². The van der Waals surface area contributed by atoms with Crippen LogP contribution in [-0.2, 0) is 13.6 Å². The van der Waals surface area contributed by atoms with Crippen LogP contribution >= 0.6 is 23.5 Å². The third-order valence-corrected chi connectivity index (χ3v) is 7.90. The molecule has 2 rings (SSSR count). The molecule has 0 amide bonds. The fraction of sp³-hybridized carbons (Fsp3) is 0.538. The maximum Gasteiger partial charge on any atom is 0.347 e. The molecule has 0 aromatic heterocycles. The Labute approximate surface area is 117 Å². The first-order chi connectivity index (χ1) is 8.57. The van der Waals surface area contributed by atoms with Gasteiger partial charge in [0.2, 0.25) is 0 Å². The van der Waals surface area contributed by atoms with Crippen molar-refractivity contribution < 1.29 is 13.6 Å². The summed E-state index contributed by atoms with van der Waals surface area (Å²) in [4.78, 5) is 0. The summed E-state index contributed by atoms with van der Waals surface area (Å²) in [5.74, 6) is 0.197. The molecule has 1 aromatic carbocycles. The minimum absolute atomic E-state index is 0.197. The number of halogens is 1. The first-order valence-electron chi connectivity index (χ1n) is 6.20. The van der Waals surface area contributed by atoms with Gasteiger partial charge in [0.25, 0.3) is 0 Å².